The molecule has 0 spiro atoms. The zero-order valence-corrected chi connectivity index (χ0v) is 14.7. The third-order valence-corrected chi connectivity index (χ3v) is 4.21. The van der Waals surface area contributed by atoms with Gasteiger partial charge in [-0.1, -0.05) is 35.0 Å². The number of rotatable bonds is 5. The normalized spacial score (nSPS) is 14.9. The van der Waals surface area contributed by atoms with E-state index in [0.717, 1.165) is 32.4 Å². The third-order valence-electron chi connectivity index (χ3n) is 4.21. The number of nitrogens with zero attached hydrogens (tertiary/aromatic N) is 3. The molecule has 0 atom stereocenters. The summed E-state index contributed by atoms with van der Waals surface area (Å²) >= 11 is 0. The van der Waals surface area contributed by atoms with Gasteiger partial charge in [-0.3, -0.25) is 4.79 Å². The molecule has 1 aliphatic rings. The fourth-order valence-electron chi connectivity index (χ4n) is 2.91. The molecule has 1 fully saturated rings. The lowest BCUT2D eigenvalue weighted by molar-refractivity contribution is 0.0949. The maximum absolute atomic E-state index is 12.2. The number of amides is 1. The van der Waals surface area contributed by atoms with Crippen molar-refractivity contribution in [3.63, 3.8) is 0 Å². The maximum Gasteiger partial charge on any atom is 0.273 e. The van der Waals surface area contributed by atoms with Crippen molar-refractivity contribution >= 4 is 18.3 Å². The van der Waals surface area contributed by atoms with Gasteiger partial charge < -0.3 is 10.6 Å². The number of carbonyl (C=O) groups is 1. The lowest BCUT2D eigenvalue weighted by atomic mass is 10.1. The largest absolute Gasteiger partial charge is 0.350 e. The van der Waals surface area contributed by atoms with E-state index in [1.165, 1.54) is 11.1 Å². The first kappa shape index (κ1) is 18.4. The van der Waals surface area contributed by atoms with Crippen LogP contribution in [0.3, 0.4) is 0 Å². The number of nitrogens with one attached hydrogen (secondary N) is 2. The van der Waals surface area contributed by atoms with Crippen LogP contribution in [-0.2, 0) is 6.42 Å². The van der Waals surface area contributed by atoms with Gasteiger partial charge in [-0.2, -0.15) is 0 Å². The van der Waals surface area contributed by atoms with Gasteiger partial charge in [0, 0.05) is 6.54 Å². The molecule has 6 nitrogen and oxygen atoms in total. The summed E-state index contributed by atoms with van der Waals surface area (Å²) in [6.07, 6.45) is 4.63. The van der Waals surface area contributed by atoms with E-state index in [0.29, 0.717) is 18.3 Å². The van der Waals surface area contributed by atoms with Crippen LogP contribution in [0.2, 0.25) is 0 Å². The van der Waals surface area contributed by atoms with Gasteiger partial charge in [-0.25, -0.2) is 4.68 Å². The van der Waals surface area contributed by atoms with Crippen LogP contribution < -0.4 is 10.6 Å². The van der Waals surface area contributed by atoms with E-state index in [2.05, 4.69) is 46.1 Å². The van der Waals surface area contributed by atoms with Crippen molar-refractivity contribution in [3.8, 4) is 0 Å². The quantitative estimate of drug-likeness (QED) is 0.865. The Morgan fingerprint density at radius 3 is 2.92 bits per heavy atom. The molecule has 7 heteroatoms. The van der Waals surface area contributed by atoms with Crippen molar-refractivity contribution in [2.45, 2.75) is 32.2 Å². The number of hydrogen-bond donors (Lipinski definition) is 2. The third kappa shape index (κ3) is 4.79. The first-order valence-electron chi connectivity index (χ1n) is 8.18. The first-order valence-corrected chi connectivity index (χ1v) is 8.18. The minimum atomic E-state index is -0.155. The smallest absolute Gasteiger partial charge is 0.273 e. The van der Waals surface area contributed by atoms with Crippen LogP contribution in [0.4, 0.5) is 0 Å². The molecule has 1 aromatic heterocycles. The molecule has 0 bridgehead atoms. The molecule has 2 N–H and O–H groups in total. The molecule has 0 unspecified atom stereocenters. The molecule has 1 aromatic carbocycles. The predicted molar refractivity (Wildman–Crippen MR) is 95.6 cm³/mol. The molecule has 0 saturated carbocycles. The molecular weight excluding hydrogens is 326 g/mol. The summed E-state index contributed by atoms with van der Waals surface area (Å²) < 4.78 is 1.83. The molecule has 0 radical (unpaired) electrons. The molecule has 24 heavy (non-hydrogen) atoms. The molecular formula is C17H24ClN5O. The topological polar surface area (TPSA) is 71.8 Å². The highest BCUT2D eigenvalue weighted by Gasteiger charge is 2.18. The lowest BCUT2D eigenvalue weighted by Crippen LogP contribution is -2.29. The minimum absolute atomic E-state index is 0. The highest BCUT2D eigenvalue weighted by molar-refractivity contribution is 5.91. The van der Waals surface area contributed by atoms with E-state index in [1.807, 2.05) is 10.7 Å². The number of carbonyl (C=O) groups excluding carboxylic acids is 1. The molecule has 2 heterocycles. The Kier molecular flexibility index (Phi) is 6.75. The zero-order valence-electron chi connectivity index (χ0n) is 13.9. The van der Waals surface area contributed by atoms with Crippen molar-refractivity contribution < 1.29 is 4.79 Å². The minimum Gasteiger partial charge on any atom is -0.350 e. The van der Waals surface area contributed by atoms with E-state index < -0.39 is 0 Å². The zero-order chi connectivity index (χ0) is 16.1. The fourth-order valence-corrected chi connectivity index (χ4v) is 2.91. The average Bonchev–Trinajstić information content (AvgIpc) is 3.06. The van der Waals surface area contributed by atoms with Gasteiger partial charge in [0.25, 0.3) is 5.91 Å². The van der Waals surface area contributed by atoms with Crippen molar-refractivity contribution in [1.82, 2.24) is 25.6 Å². The van der Waals surface area contributed by atoms with E-state index in [4.69, 9.17) is 0 Å². The summed E-state index contributed by atoms with van der Waals surface area (Å²) in [6, 6.07) is 8.67. The summed E-state index contributed by atoms with van der Waals surface area (Å²) in [5, 5.41) is 14.4. The van der Waals surface area contributed by atoms with E-state index >= 15 is 0 Å². The van der Waals surface area contributed by atoms with E-state index in [-0.39, 0.29) is 18.3 Å². The Morgan fingerprint density at radius 2 is 2.17 bits per heavy atom. The second-order valence-electron chi connectivity index (χ2n) is 6.06. The van der Waals surface area contributed by atoms with Crippen LogP contribution in [0.15, 0.2) is 30.5 Å². The Labute approximate surface area is 148 Å². The highest BCUT2D eigenvalue weighted by Crippen LogP contribution is 2.16. The van der Waals surface area contributed by atoms with E-state index in [9.17, 15) is 4.79 Å². The SMILES string of the molecule is Cc1cccc(CCNC(=O)c2cn(C3CCNCC3)nn2)c1.Cl. The standard InChI is InChI=1S/C17H23N5O.ClH/c1-13-3-2-4-14(11-13)5-10-19-17(23)16-12-22(21-20-16)15-6-8-18-9-7-15;/h2-4,11-12,15,18H,5-10H2,1H3,(H,19,23);1H. The predicted octanol–water partition coefficient (Wildman–Crippen LogP) is 1.91. The van der Waals surface area contributed by atoms with Gasteiger partial charge >= 0.3 is 0 Å². The van der Waals surface area contributed by atoms with Gasteiger partial charge in [0.2, 0.25) is 0 Å². The fraction of sp³-hybridized carbons (Fsp3) is 0.471. The summed E-state index contributed by atoms with van der Waals surface area (Å²) in [4.78, 5) is 12.2. The number of halogens is 1. The number of benzene rings is 1. The summed E-state index contributed by atoms with van der Waals surface area (Å²) in [7, 11) is 0. The average molecular weight is 350 g/mol. The van der Waals surface area contributed by atoms with Gasteiger partial charge in [0.05, 0.1) is 12.2 Å². The van der Waals surface area contributed by atoms with Crippen molar-refractivity contribution in [3.05, 3.63) is 47.3 Å². The van der Waals surface area contributed by atoms with Gasteiger partial charge in [0.15, 0.2) is 5.69 Å². The second-order valence-corrected chi connectivity index (χ2v) is 6.06. The van der Waals surface area contributed by atoms with Gasteiger partial charge in [0.1, 0.15) is 0 Å². The Hall–Kier alpha value is -1.92. The van der Waals surface area contributed by atoms with Crippen molar-refractivity contribution in [2.75, 3.05) is 19.6 Å². The van der Waals surface area contributed by atoms with Crippen LogP contribution in [0.25, 0.3) is 0 Å². The molecule has 1 saturated heterocycles. The van der Waals surface area contributed by atoms with Crippen molar-refractivity contribution in [2.24, 2.45) is 0 Å². The maximum atomic E-state index is 12.2. The summed E-state index contributed by atoms with van der Waals surface area (Å²) in [5.41, 5.74) is 2.86. The molecule has 1 aliphatic heterocycles. The van der Waals surface area contributed by atoms with Gasteiger partial charge in [-0.15, -0.1) is 17.5 Å². The van der Waals surface area contributed by atoms with Crippen molar-refractivity contribution in [1.29, 1.82) is 0 Å². The highest BCUT2D eigenvalue weighted by atomic mass is 35.5. The molecule has 1 amide bonds. The van der Waals surface area contributed by atoms with Crippen LogP contribution in [0.1, 0.15) is 40.5 Å². The van der Waals surface area contributed by atoms with Crippen LogP contribution >= 0.6 is 12.4 Å². The number of piperidine rings is 1. The van der Waals surface area contributed by atoms with Crippen LogP contribution in [0.5, 0.6) is 0 Å². The van der Waals surface area contributed by atoms with Gasteiger partial charge in [-0.05, 0) is 44.8 Å². The first-order chi connectivity index (χ1) is 11.2. The van der Waals surface area contributed by atoms with Crippen LogP contribution in [0, 0.1) is 6.92 Å². The molecule has 0 aliphatic carbocycles. The lowest BCUT2D eigenvalue weighted by Gasteiger charge is -2.22. The number of aryl methyl sites for hydroxylation is 1. The van der Waals surface area contributed by atoms with E-state index in [1.54, 1.807) is 6.20 Å². The molecule has 3 rings (SSSR count). The number of hydrogen-bond acceptors (Lipinski definition) is 4. The molecule has 2 aromatic rings. The van der Waals surface area contributed by atoms with Crippen LogP contribution in [-0.4, -0.2) is 40.5 Å². The number of aromatic nitrogens is 3. The Bertz CT molecular complexity index is 667. The monoisotopic (exact) mass is 349 g/mol. The molecule has 130 valence electrons. The Balaban J connectivity index is 0.00000208. The summed E-state index contributed by atoms with van der Waals surface area (Å²) in [6.45, 7) is 4.65. The Morgan fingerprint density at radius 1 is 1.38 bits per heavy atom. The second kappa shape index (κ2) is 8.80. The summed E-state index contributed by atoms with van der Waals surface area (Å²) in [5.74, 6) is -0.155.